The van der Waals surface area contributed by atoms with Crippen LogP contribution < -0.4 is 5.32 Å². The zero-order valence-corrected chi connectivity index (χ0v) is 14.6. The molecule has 25 heavy (non-hydrogen) atoms. The molecule has 3 rings (SSSR count). The van der Waals surface area contributed by atoms with E-state index in [2.05, 4.69) is 5.32 Å². The number of carbonyl (C=O) groups is 3. The monoisotopic (exact) mass is 345 g/mol. The molecule has 2 aliphatic rings. The number of imide groups is 1. The quantitative estimate of drug-likeness (QED) is 0.770. The fourth-order valence-corrected chi connectivity index (χ4v) is 3.18. The van der Waals surface area contributed by atoms with Crippen LogP contribution in [-0.4, -0.2) is 74.0 Å². The second-order valence-corrected chi connectivity index (χ2v) is 6.45. The third-order valence-electron chi connectivity index (χ3n) is 4.67. The summed E-state index contributed by atoms with van der Waals surface area (Å²) < 4.78 is 5.53. The Bertz CT molecular complexity index is 698. The van der Waals surface area contributed by atoms with E-state index in [9.17, 15) is 14.4 Å². The number of nitrogens with one attached hydrogen (secondary N) is 1. The number of carbonyl (C=O) groups excluding carboxylic acids is 3. The smallest absolute Gasteiger partial charge is 0.261 e. The molecule has 2 aliphatic heterocycles. The van der Waals surface area contributed by atoms with E-state index in [1.54, 1.807) is 24.1 Å². The molecule has 0 radical (unpaired) electrons. The van der Waals surface area contributed by atoms with Crippen LogP contribution in [0.3, 0.4) is 0 Å². The number of fused-ring (bicyclic) bond motifs is 1. The van der Waals surface area contributed by atoms with Gasteiger partial charge in [-0.2, -0.15) is 0 Å². The minimum absolute atomic E-state index is 0.0870. The van der Waals surface area contributed by atoms with E-state index in [4.69, 9.17) is 4.74 Å². The number of benzene rings is 1. The van der Waals surface area contributed by atoms with Crippen LogP contribution in [0.25, 0.3) is 0 Å². The van der Waals surface area contributed by atoms with Crippen molar-refractivity contribution in [3.63, 3.8) is 0 Å². The first-order valence-corrected chi connectivity index (χ1v) is 8.55. The van der Waals surface area contributed by atoms with Crippen molar-refractivity contribution in [2.45, 2.75) is 18.9 Å². The molecule has 134 valence electrons. The molecule has 1 aromatic carbocycles. The maximum atomic E-state index is 12.6. The van der Waals surface area contributed by atoms with Gasteiger partial charge in [-0.25, -0.2) is 0 Å². The highest BCUT2D eigenvalue weighted by atomic mass is 16.5. The Morgan fingerprint density at radius 2 is 2.08 bits per heavy atom. The molecule has 1 atom stereocenters. The molecule has 2 heterocycles. The average Bonchev–Trinajstić information content (AvgIpc) is 3.22. The molecule has 7 heteroatoms. The second kappa shape index (κ2) is 7.33. The molecule has 1 fully saturated rings. The Balaban J connectivity index is 1.77. The molecule has 1 saturated heterocycles. The lowest BCUT2D eigenvalue weighted by atomic mass is 10.0. The number of nitrogens with zero attached hydrogens (tertiary/aromatic N) is 2. The highest BCUT2D eigenvalue weighted by Gasteiger charge is 2.38. The highest BCUT2D eigenvalue weighted by molar-refractivity contribution is 6.22. The van der Waals surface area contributed by atoms with Crippen molar-refractivity contribution in [2.75, 3.05) is 40.3 Å². The number of rotatable bonds is 6. The van der Waals surface area contributed by atoms with Crippen LogP contribution in [0.5, 0.6) is 0 Å². The molecule has 0 bridgehead atoms. The van der Waals surface area contributed by atoms with Crippen molar-refractivity contribution in [1.29, 1.82) is 0 Å². The maximum Gasteiger partial charge on any atom is 0.261 e. The van der Waals surface area contributed by atoms with Crippen molar-refractivity contribution >= 4 is 17.7 Å². The number of hydrogen-bond donors (Lipinski definition) is 1. The van der Waals surface area contributed by atoms with Gasteiger partial charge in [0.1, 0.15) is 0 Å². The lowest BCUT2D eigenvalue weighted by Gasteiger charge is -2.18. The van der Waals surface area contributed by atoms with Crippen molar-refractivity contribution in [2.24, 2.45) is 0 Å². The van der Waals surface area contributed by atoms with Gasteiger partial charge in [0.2, 0.25) is 0 Å². The van der Waals surface area contributed by atoms with Crippen LogP contribution in [-0.2, 0) is 4.74 Å². The molecule has 7 nitrogen and oxygen atoms in total. The summed E-state index contributed by atoms with van der Waals surface area (Å²) in [4.78, 5) is 40.4. The summed E-state index contributed by atoms with van der Waals surface area (Å²) in [6, 6.07) is 4.71. The van der Waals surface area contributed by atoms with Crippen molar-refractivity contribution < 1.29 is 19.1 Å². The Labute approximate surface area is 146 Å². The summed E-state index contributed by atoms with van der Waals surface area (Å²) in [7, 11) is 3.53. The van der Waals surface area contributed by atoms with Gasteiger partial charge in [-0.15, -0.1) is 0 Å². The van der Waals surface area contributed by atoms with E-state index < -0.39 is 0 Å². The number of amides is 3. The second-order valence-electron chi connectivity index (χ2n) is 6.45. The molecular weight excluding hydrogens is 322 g/mol. The maximum absolute atomic E-state index is 12.6. The zero-order chi connectivity index (χ0) is 18.0. The normalized spacial score (nSPS) is 19.4. The SMILES string of the molecule is CNCCN(C)C(=O)c1ccc2c(c1)C(=O)N(CC1CCCO1)C2=O. The van der Waals surface area contributed by atoms with Crippen LogP contribution in [0.2, 0.25) is 0 Å². The lowest BCUT2D eigenvalue weighted by Crippen LogP contribution is -2.36. The molecule has 3 amide bonds. The Morgan fingerprint density at radius 3 is 2.76 bits per heavy atom. The van der Waals surface area contributed by atoms with Crippen LogP contribution in [0.15, 0.2) is 18.2 Å². The van der Waals surface area contributed by atoms with Gasteiger partial charge in [0.05, 0.1) is 23.8 Å². The molecule has 0 saturated carbocycles. The standard InChI is InChI=1S/C18H23N3O4/c1-19-7-8-20(2)16(22)12-5-6-14-15(10-12)18(24)21(17(14)23)11-13-4-3-9-25-13/h5-6,10,13,19H,3-4,7-9,11H2,1-2H3. The van der Waals surface area contributed by atoms with Gasteiger partial charge in [-0.05, 0) is 38.1 Å². The van der Waals surface area contributed by atoms with Gasteiger partial charge in [-0.1, -0.05) is 0 Å². The van der Waals surface area contributed by atoms with Crippen LogP contribution in [0.4, 0.5) is 0 Å². The lowest BCUT2D eigenvalue weighted by molar-refractivity contribution is 0.0475. The largest absolute Gasteiger partial charge is 0.376 e. The molecule has 1 unspecified atom stereocenters. The van der Waals surface area contributed by atoms with E-state index in [1.807, 2.05) is 7.05 Å². The van der Waals surface area contributed by atoms with Crippen molar-refractivity contribution in [3.8, 4) is 0 Å². The topological polar surface area (TPSA) is 79.0 Å². The van der Waals surface area contributed by atoms with E-state index in [0.717, 1.165) is 12.8 Å². The summed E-state index contributed by atoms with van der Waals surface area (Å²) in [5.41, 5.74) is 1.07. The molecular formula is C18H23N3O4. The predicted octanol–water partition coefficient (Wildman–Crippen LogP) is 0.753. The molecule has 1 aromatic rings. The molecule has 0 aliphatic carbocycles. The van der Waals surface area contributed by atoms with Gasteiger partial charge in [-0.3, -0.25) is 19.3 Å². The fraction of sp³-hybridized carbons (Fsp3) is 0.500. The van der Waals surface area contributed by atoms with Gasteiger partial charge in [0, 0.05) is 32.3 Å². The van der Waals surface area contributed by atoms with Gasteiger partial charge < -0.3 is 15.0 Å². The molecule has 0 spiro atoms. The minimum atomic E-state index is -0.344. The van der Waals surface area contributed by atoms with E-state index in [0.29, 0.717) is 36.4 Å². The van der Waals surface area contributed by atoms with Crippen LogP contribution >= 0.6 is 0 Å². The van der Waals surface area contributed by atoms with Crippen LogP contribution in [0.1, 0.15) is 43.9 Å². The number of likely N-dealkylation sites (N-methyl/N-ethyl adjacent to an activating group) is 2. The summed E-state index contributed by atoms with van der Waals surface area (Å²) in [6.45, 7) is 2.19. The summed E-state index contributed by atoms with van der Waals surface area (Å²) >= 11 is 0. The first kappa shape index (κ1) is 17.6. The minimum Gasteiger partial charge on any atom is -0.376 e. The van der Waals surface area contributed by atoms with E-state index >= 15 is 0 Å². The van der Waals surface area contributed by atoms with Gasteiger partial charge >= 0.3 is 0 Å². The van der Waals surface area contributed by atoms with E-state index in [-0.39, 0.29) is 30.4 Å². The summed E-state index contributed by atoms with van der Waals surface area (Å²) in [6.07, 6.45) is 1.72. The molecule has 0 aromatic heterocycles. The van der Waals surface area contributed by atoms with Crippen molar-refractivity contribution in [1.82, 2.24) is 15.1 Å². The zero-order valence-electron chi connectivity index (χ0n) is 14.6. The fourth-order valence-electron chi connectivity index (χ4n) is 3.18. The van der Waals surface area contributed by atoms with Crippen molar-refractivity contribution in [3.05, 3.63) is 34.9 Å². The number of hydrogen-bond acceptors (Lipinski definition) is 5. The third-order valence-corrected chi connectivity index (χ3v) is 4.67. The van der Waals surface area contributed by atoms with Gasteiger partial charge in [0.15, 0.2) is 0 Å². The third kappa shape index (κ3) is 3.43. The summed E-state index contributed by atoms with van der Waals surface area (Å²) in [5.74, 6) is -0.822. The average molecular weight is 345 g/mol. The van der Waals surface area contributed by atoms with Gasteiger partial charge in [0.25, 0.3) is 17.7 Å². The van der Waals surface area contributed by atoms with E-state index in [1.165, 1.54) is 11.0 Å². The van der Waals surface area contributed by atoms with Crippen LogP contribution in [0, 0.1) is 0 Å². The Kier molecular flexibility index (Phi) is 5.15. The number of ether oxygens (including phenoxy) is 1. The molecule has 1 N–H and O–H groups in total. The summed E-state index contributed by atoms with van der Waals surface area (Å²) in [5, 5.41) is 2.99. The first-order chi connectivity index (χ1) is 12.0. The predicted molar refractivity (Wildman–Crippen MR) is 91.7 cm³/mol. The Hall–Kier alpha value is -2.25. The Morgan fingerprint density at radius 1 is 1.32 bits per heavy atom. The highest BCUT2D eigenvalue weighted by Crippen LogP contribution is 2.26. The first-order valence-electron chi connectivity index (χ1n) is 8.55.